The summed E-state index contributed by atoms with van der Waals surface area (Å²) in [4.78, 5) is 38.7. The number of carbonyl (C=O) groups is 3. The lowest BCUT2D eigenvalue weighted by atomic mass is 10.1. The lowest BCUT2D eigenvalue weighted by molar-refractivity contribution is -0.130. The van der Waals surface area contributed by atoms with Gasteiger partial charge in [-0.1, -0.05) is 36.4 Å². The Morgan fingerprint density at radius 3 is 2.57 bits per heavy atom. The van der Waals surface area contributed by atoms with E-state index in [1.807, 2.05) is 60.8 Å². The molecule has 30 heavy (non-hydrogen) atoms. The van der Waals surface area contributed by atoms with E-state index in [2.05, 4.69) is 29.0 Å². The Hall–Kier alpha value is -3.61. The number of aromatic nitrogens is 1. The smallest absolute Gasteiger partial charge is 0.325 e. The average molecular weight is 404 g/mol. The molecule has 0 aliphatic carbocycles. The summed E-state index contributed by atoms with van der Waals surface area (Å²) in [7, 11) is 0. The van der Waals surface area contributed by atoms with Gasteiger partial charge in [0.2, 0.25) is 5.91 Å². The van der Waals surface area contributed by atoms with Crippen LogP contribution in [0.3, 0.4) is 0 Å². The molecule has 154 valence electrons. The summed E-state index contributed by atoms with van der Waals surface area (Å²) in [6, 6.07) is 15.9. The number of amides is 4. The Balaban J connectivity index is 1.44. The first-order valence-electron chi connectivity index (χ1n) is 9.99. The van der Waals surface area contributed by atoms with Crippen molar-refractivity contribution in [1.29, 1.82) is 0 Å². The first-order chi connectivity index (χ1) is 14.4. The number of nitrogens with one attached hydrogen (secondary N) is 2. The average Bonchev–Trinajstić information content (AvgIpc) is 3.27. The van der Waals surface area contributed by atoms with Crippen molar-refractivity contribution in [3.63, 3.8) is 0 Å². The van der Waals surface area contributed by atoms with Crippen molar-refractivity contribution in [2.24, 2.45) is 0 Å². The molecular formula is C23H24N4O3. The summed E-state index contributed by atoms with van der Waals surface area (Å²) in [6.07, 6.45) is 1.88. The molecule has 3 aromatic rings. The number of hydrogen-bond donors (Lipinski definition) is 2. The van der Waals surface area contributed by atoms with Gasteiger partial charge in [-0.3, -0.25) is 14.5 Å². The minimum atomic E-state index is -0.860. The summed E-state index contributed by atoms with van der Waals surface area (Å²) in [5.41, 5.74) is 2.57. The Morgan fingerprint density at radius 2 is 1.83 bits per heavy atom. The fourth-order valence-electron chi connectivity index (χ4n) is 3.77. The first-order valence-corrected chi connectivity index (χ1v) is 9.99. The fourth-order valence-corrected chi connectivity index (χ4v) is 3.77. The molecule has 1 aliphatic rings. The molecule has 2 heterocycles. The van der Waals surface area contributed by atoms with Gasteiger partial charge in [-0.25, -0.2) is 4.79 Å². The molecule has 2 aromatic carbocycles. The molecule has 2 N–H and O–H groups in total. The maximum atomic E-state index is 12.7. The maximum absolute atomic E-state index is 12.7. The quantitative estimate of drug-likeness (QED) is 0.615. The molecule has 0 bridgehead atoms. The summed E-state index contributed by atoms with van der Waals surface area (Å²) in [5, 5.41) is 6.45. The van der Waals surface area contributed by atoms with Crippen LogP contribution in [0, 0.1) is 0 Å². The number of rotatable bonds is 6. The van der Waals surface area contributed by atoms with Crippen molar-refractivity contribution >= 4 is 34.4 Å². The molecule has 1 fully saturated rings. The number of anilines is 1. The molecule has 0 saturated carbocycles. The van der Waals surface area contributed by atoms with Crippen LogP contribution >= 0.6 is 0 Å². The highest BCUT2D eigenvalue weighted by Crippen LogP contribution is 2.27. The summed E-state index contributed by atoms with van der Waals surface area (Å²) >= 11 is 0. The highest BCUT2D eigenvalue weighted by molar-refractivity contribution is 6.08. The number of benzene rings is 2. The third-order valence-corrected chi connectivity index (χ3v) is 5.27. The maximum Gasteiger partial charge on any atom is 0.325 e. The van der Waals surface area contributed by atoms with Crippen LogP contribution in [0.4, 0.5) is 10.5 Å². The Labute approximate surface area is 174 Å². The Kier molecular flexibility index (Phi) is 5.27. The highest BCUT2D eigenvalue weighted by atomic mass is 16.2. The SMILES string of the molecule is CC(C)n1ccc2c(NC(=O)C[C@@H]3NC(=O)N(Cc4ccccc4)C3=O)cccc21. The van der Waals surface area contributed by atoms with E-state index in [-0.39, 0.29) is 24.8 Å². The molecule has 0 spiro atoms. The number of urea groups is 1. The first kappa shape index (κ1) is 19.7. The minimum absolute atomic E-state index is 0.114. The molecular weight excluding hydrogens is 380 g/mol. The van der Waals surface area contributed by atoms with E-state index in [0.29, 0.717) is 11.7 Å². The standard InChI is InChI=1S/C23H24N4O3/c1-15(2)26-12-11-17-18(9-6-10-20(17)26)24-21(28)13-19-22(29)27(23(30)25-19)14-16-7-4-3-5-8-16/h3-12,15,19H,13-14H2,1-2H3,(H,24,28)(H,25,30)/t19-/m0/s1. The van der Waals surface area contributed by atoms with Crippen LogP contribution in [-0.2, 0) is 16.1 Å². The van der Waals surface area contributed by atoms with Crippen LogP contribution in [0.15, 0.2) is 60.8 Å². The van der Waals surface area contributed by atoms with Crippen molar-refractivity contribution in [1.82, 2.24) is 14.8 Å². The lowest BCUT2D eigenvalue weighted by Gasteiger charge is -2.13. The molecule has 1 saturated heterocycles. The van der Waals surface area contributed by atoms with Gasteiger partial charge in [0, 0.05) is 17.6 Å². The van der Waals surface area contributed by atoms with Crippen LogP contribution in [0.25, 0.3) is 10.9 Å². The van der Waals surface area contributed by atoms with E-state index in [4.69, 9.17) is 0 Å². The number of imide groups is 1. The molecule has 1 aromatic heterocycles. The second-order valence-corrected chi connectivity index (χ2v) is 7.72. The third kappa shape index (κ3) is 3.78. The summed E-state index contributed by atoms with van der Waals surface area (Å²) in [6.45, 7) is 4.38. The molecule has 4 amide bonds. The van der Waals surface area contributed by atoms with Crippen LogP contribution in [0.2, 0.25) is 0 Å². The zero-order valence-electron chi connectivity index (χ0n) is 17.0. The topological polar surface area (TPSA) is 83.4 Å². The minimum Gasteiger partial charge on any atom is -0.345 e. The zero-order chi connectivity index (χ0) is 21.3. The zero-order valence-corrected chi connectivity index (χ0v) is 17.0. The van der Waals surface area contributed by atoms with Crippen LogP contribution < -0.4 is 10.6 Å². The van der Waals surface area contributed by atoms with Gasteiger partial charge in [0.25, 0.3) is 5.91 Å². The van der Waals surface area contributed by atoms with E-state index >= 15 is 0 Å². The highest BCUT2D eigenvalue weighted by Gasteiger charge is 2.39. The van der Waals surface area contributed by atoms with Gasteiger partial charge in [-0.2, -0.15) is 0 Å². The molecule has 0 radical (unpaired) electrons. The van der Waals surface area contributed by atoms with Crippen molar-refractivity contribution < 1.29 is 14.4 Å². The van der Waals surface area contributed by atoms with Crippen LogP contribution in [0.5, 0.6) is 0 Å². The number of nitrogens with zero attached hydrogens (tertiary/aromatic N) is 2. The van der Waals surface area contributed by atoms with Crippen LogP contribution in [-0.4, -0.2) is 33.4 Å². The third-order valence-electron chi connectivity index (χ3n) is 5.27. The van der Waals surface area contributed by atoms with E-state index in [1.54, 1.807) is 0 Å². The largest absolute Gasteiger partial charge is 0.345 e. The van der Waals surface area contributed by atoms with Gasteiger partial charge < -0.3 is 15.2 Å². The van der Waals surface area contributed by atoms with Crippen LogP contribution in [0.1, 0.15) is 31.9 Å². The van der Waals surface area contributed by atoms with E-state index in [1.165, 1.54) is 0 Å². The summed E-state index contributed by atoms with van der Waals surface area (Å²) < 4.78 is 2.13. The number of carbonyl (C=O) groups excluding carboxylic acids is 3. The predicted molar refractivity (Wildman–Crippen MR) is 115 cm³/mol. The second-order valence-electron chi connectivity index (χ2n) is 7.72. The van der Waals surface area contributed by atoms with Gasteiger partial charge >= 0.3 is 6.03 Å². The van der Waals surface area contributed by atoms with Crippen molar-refractivity contribution in [3.8, 4) is 0 Å². The number of hydrogen-bond acceptors (Lipinski definition) is 3. The van der Waals surface area contributed by atoms with Gasteiger partial charge in [-0.15, -0.1) is 0 Å². The molecule has 4 rings (SSSR count). The van der Waals surface area contributed by atoms with E-state index < -0.39 is 12.1 Å². The molecule has 0 unspecified atom stereocenters. The second kappa shape index (κ2) is 8.02. The van der Waals surface area contributed by atoms with Crippen molar-refractivity contribution in [2.45, 2.75) is 38.9 Å². The molecule has 7 heteroatoms. The van der Waals surface area contributed by atoms with Gasteiger partial charge in [0.15, 0.2) is 0 Å². The molecule has 1 aliphatic heterocycles. The number of fused-ring (bicyclic) bond motifs is 1. The lowest BCUT2D eigenvalue weighted by Crippen LogP contribution is -2.34. The molecule has 7 nitrogen and oxygen atoms in total. The van der Waals surface area contributed by atoms with E-state index in [0.717, 1.165) is 21.4 Å². The Morgan fingerprint density at radius 1 is 1.07 bits per heavy atom. The van der Waals surface area contributed by atoms with Crippen molar-refractivity contribution in [2.75, 3.05) is 5.32 Å². The molecule has 1 atom stereocenters. The fraction of sp³-hybridized carbons (Fsp3) is 0.261. The van der Waals surface area contributed by atoms with E-state index in [9.17, 15) is 14.4 Å². The Bertz CT molecular complexity index is 1100. The van der Waals surface area contributed by atoms with Gasteiger partial charge in [0.05, 0.1) is 24.2 Å². The predicted octanol–water partition coefficient (Wildman–Crippen LogP) is 3.67. The normalized spacial score (nSPS) is 16.4. The monoisotopic (exact) mass is 404 g/mol. The van der Waals surface area contributed by atoms with Gasteiger partial charge in [-0.05, 0) is 37.6 Å². The summed E-state index contributed by atoms with van der Waals surface area (Å²) in [5.74, 6) is -0.705. The van der Waals surface area contributed by atoms with Gasteiger partial charge in [0.1, 0.15) is 6.04 Å². The van der Waals surface area contributed by atoms with Crippen molar-refractivity contribution in [3.05, 3.63) is 66.4 Å².